The van der Waals surface area contributed by atoms with Crippen LogP contribution in [0.2, 0.25) is 0 Å². The van der Waals surface area contributed by atoms with Crippen LogP contribution in [0.4, 0.5) is 0 Å². The molecule has 1 amide bonds. The van der Waals surface area contributed by atoms with Crippen molar-refractivity contribution < 1.29 is 9.53 Å². The van der Waals surface area contributed by atoms with Crippen molar-refractivity contribution in [1.29, 1.82) is 0 Å². The summed E-state index contributed by atoms with van der Waals surface area (Å²) in [5.41, 5.74) is 4.30. The zero-order chi connectivity index (χ0) is 19.8. The molecule has 7 heteroatoms. The standard InChI is InChI=1S/C22H28N4O2.HI/c1-3-24-21(27)19-6-4-5-17(14-19)15-26-22(23-2)25-11-9-16-7-8-20-18(13-16)10-12-28-20;/h4-8,13-14H,3,9-12,15H2,1-2H3,(H,24,27)(H2,23,25,26);1H. The molecule has 3 N–H and O–H groups in total. The molecule has 6 nitrogen and oxygen atoms in total. The molecule has 0 fully saturated rings. The Bertz CT molecular complexity index is 854. The van der Waals surface area contributed by atoms with Gasteiger partial charge in [-0.1, -0.05) is 24.3 Å². The zero-order valence-electron chi connectivity index (χ0n) is 17.0. The molecule has 1 heterocycles. The molecule has 0 atom stereocenters. The van der Waals surface area contributed by atoms with E-state index < -0.39 is 0 Å². The fourth-order valence-electron chi connectivity index (χ4n) is 3.21. The van der Waals surface area contributed by atoms with Gasteiger partial charge in [-0.15, -0.1) is 24.0 Å². The van der Waals surface area contributed by atoms with Gasteiger partial charge < -0.3 is 20.7 Å². The first-order valence-electron chi connectivity index (χ1n) is 9.76. The van der Waals surface area contributed by atoms with Crippen molar-refractivity contribution >= 4 is 35.8 Å². The van der Waals surface area contributed by atoms with Crippen molar-refractivity contribution in [3.8, 4) is 5.75 Å². The number of halogens is 1. The number of benzene rings is 2. The van der Waals surface area contributed by atoms with Gasteiger partial charge in [0.2, 0.25) is 0 Å². The minimum atomic E-state index is -0.0494. The number of guanidine groups is 1. The highest BCUT2D eigenvalue weighted by molar-refractivity contribution is 14.0. The van der Waals surface area contributed by atoms with E-state index in [0.29, 0.717) is 18.7 Å². The van der Waals surface area contributed by atoms with Crippen LogP contribution in [0.25, 0.3) is 0 Å². The van der Waals surface area contributed by atoms with Gasteiger partial charge in [0.05, 0.1) is 6.61 Å². The molecule has 2 aromatic rings. The predicted octanol–water partition coefficient (Wildman–Crippen LogP) is 2.90. The lowest BCUT2D eigenvalue weighted by molar-refractivity contribution is 0.0955. The summed E-state index contributed by atoms with van der Waals surface area (Å²) >= 11 is 0. The maximum Gasteiger partial charge on any atom is 0.251 e. The molecule has 0 saturated heterocycles. The number of carbonyl (C=O) groups is 1. The van der Waals surface area contributed by atoms with Gasteiger partial charge in [-0.05, 0) is 48.2 Å². The molecule has 0 spiro atoms. The molecule has 0 aromatic heterocycles. The number of carbonyl (C=O) groups excluding carboxylic acids is 1. The van der Waals surface area contributed by atoms with E-state index in [4.69, 9.17) is 4.74 Å². The van der Waals surface area contributed by atoms with E-state index in [9.17, 15) is 4.79 Å². The highest BCUT2D eigenvalue weighted by atomic mass is 127. The van der Waals surface area contributed by atoms with Crippen molar-refractivity contribution in [2.75, 3.05) is 26.7 Å². The van der Waals surface area contributed by atoms with Crippen molar-refractivity contribution in [2.24, 2.45) is 4.99 Å². The quantitative estimate of drug-likeness (QED) is 0.306. The summed E-state index contributed by atoms with van der Waals surface area (Å²) in [6.45, 7) is 4.71. The van der Waals surface area contributed by atoms with Crippen molar-refractivity contribution in [3.63, 3.8) is 0 Å². The number of ether oxygens (including phenoxy) is 1. The maximum absolute atomic E-state index is 12.0. The number of fused-ring (bicyclic) bond motifs is 1. The summed E-state index contributed by atoms with van der Waals surface area (Å²) in [6, 6.07) is 14.0. The molecule has 29 heavy (non-hydrogen) atoms. The van der Waals surface area contributed by atoms with Gasteiger partial charge in [-0.3, -0.25) is 9.79 Å². The maximum atomic E-state index is 12.0. The van der Waals surface area contributed by atoms with E-state index in [0.717, 1.165) is 43.3 Å². The molecule has 0 radical (unpaired) electrons. The Morgan fingerprint density at radius 3 is 2.76 bits per heavy atom. The van der Waals surface area contributed by atoms with Gasteiger partial charge in [0.1, 0.15) is 5.75 Å². The second-order valence-electron chi connectivity index (χ2n) is 6.70. The first-order chi connectivity index (χ1) is 13.7. The monoisotopic (exact) mass is 508 g/mol. The average molecular weight is 508 g/mol. The third-order valence-corrected chi connectivity index (χ3v) is 4.67. The van der Waals surface area contributed by atoms with E-state index in [2.05, 4.69) is 39.1 Å². The van der Waals surface area contributed by atoms with Crippen molar-refractivity contribution in [2.45, 2.75) is 26.3 Å². The van der Waals surface area contributed by atoms with Gasteiger partial charge in [-0.2, -0.15) is 0 Å². The molecule has 2 aromatic carbocycles. The van der Waals surface area contributed by atoms with Crippen LogP contribution in [0.1, 0.15) is 34.0 Å². The first kappa shape index (κ1) is 23.0. The van der Waals surface area contributed by atoms with Gasteiger partial charge in [0, 0.05) is 38.7 Å². The average Bonchev–Trinajstić information content (AvgIpc) is 3.19. The largest absolute Gasteiger partial charge is 0.493 e. The lowest BCUT2D eigenvalue weighted by Gasteiger charge is -2.13. The van der Waals surface area contributed by atoms with Gasteiger partial charge in [0.15, 0.2) is 5.96 Å². The van der Waals surface area contributed by atoms with Crippen LogP contribution in [0.5, 0.6) is 5.75 Å². The van der Waals surface area contributed by atoms with Crippen LogP contribution < -0.4 is 20.7 Å². The molecule has 0 unspecified atom stereocenters. The van der Waals surface area contributed by atoms with Crippen LogP contribution in [-0.4, -0.2) is 38.6 Å². The summed E-state index contributed by atoms with van der Waals surface area (Å²) in [5.74, 6) is 1.71. The van der Waals surface area contributed by atoms with Crippen LogP contribution in [0, 0.1) is 0 Å². The summed E-state index contributed by atoms with van der Waals surface area (Å²) < 4.78 is 5.55. The molecule has 0 aliphatic carbocycles. The highest BCUT2D eigenvalue weighted by Gasteiger charge is 2.11. The van der Waals surface area contributed by atoms with Crippen LogP contribution in [0.15, 0.2) is 47.5 Å². The zero-order valence-corrected chi connectivity index (χ0v) is 19.3. The number of nitrogens with zero attached hydrogens (tertiary/aromatic N) is 1. The third-order valence-electron chi connectivity index (χ3n) is 4.67. The summed E-state index contributed by atoms with van der Waals surface area (Å²) in [4.78, 5) is 16.2. The highest BCUT2D eigenvalue weighted by Crippen LogP contribution is 2.25. The van der Waals surface area contributed by atoms with E-state index >= 15 is 0 Å². The van der Waals surface area contributed by atoms with E-state index in [1.165, 1.54) is 11.1 Å². The normalized spacial score (nSPS) is 12.4. The Hall–Kier alpha value is -2.29. The minimum absolute atomic E-state index is 0. The second-order valence-corrected chi connectivity index (χ2v) is 6.70. The minimum Gasteiger partial charge on any atom is -0.493 e. The molecule has 0 saturated carbocycles. The van der Waals surface area contributed by atoms with Gasteiger partial charge in [-0.25, -0.2) is 0 Å². The van der Waals surface area contributed by atoms with Crippen LogP contribution >= 0.6 is 24.0 Å². The second kappa shape index (κ2) is 11.6. The summed E-state index contributed by atoms with van der Waals surface area (Å²) in [7, 11) is 1.76. The summed E-state index contributed by atoms with van der Waals surface area (Å²) in [6.07, 6.45) is 1.91. The molecular formula is C22H29IN4O2. The van der Waals surface area contributed by atoms with E-state index in [1.807, 2.05) is 31.2 Å². The molecule has 1 aliphatic heterocycles. The number of rotatable bonds is 7. The van der Waals surface area contributed by atoms with Crippen molar-refractivity contribution in [3.05, 3.63) is 64.7 Å². The lowest BCUT2D eigenvalue weighted by Crippen LogP contribution is -2.37. The molecule has 3 rings (SSSR count). The number of amides is 1. The predicted molar refractivity (Wildman–Crippen MR) is 127 cm³/mol. The van der Waals surface area contributed by atoms with Crippen LogP contribution in [0.3, 0.4) is 0 Å². The molecular weight excluding hydrogens is 479 g/mol. The number of hydrogen-bond acceptors (Lipinski definition) is 3. The molecule has 1 aliphatic rings. The Morgan fingerprint density at radius 1 is 1.10 bits per heavy atom. The van der Waals surface area contributed by atoms with Crippen molar-refractivity contribution in [1.82, 2.24) is 16.0 Å². The van der Waals surface area contributed by atoms with E-state index in [-0.39, 0.29) is 29.9 Å². The van der Waals surface area contributed by atoms with Crippen LogP contribution in [-0.2, 0) is 19.4 Å². The molecule has 156 valence electrons. The topological polar surface area (TPSA) is 74.8 Å². The van der Waals surface area contributed by atoms with Gasteiger partial charge >= 0.3 is 0 Å². The Balaban J connectivity index is 0.00000300. The first-order valence-corrected chi connectivity index (χ1v) is 9.76. The number of hydrogen-bond donors (Lipinski definition) is 3. The number of aliphatic imine (C=N–C) groups is 1. The number of nitrogens with one attached hydrogen (secondary N) is 3. The smallest absolute Gasteiger partial charge is 0.251 e. The Kier molecular flexibility index (Phi) is 9.24. The van der Waals surface area contributed by atoms with E-state index in [1.54, 1.807) is 7.05 Å². The van der Waals surface area contributed by atoms with Gasteiger partial charge in [0.25, 0.3) is 5.91 Å². The lowest BCUT2D eigenvalue weighted by atomic mass is 10.1. The summed E-state index contributed by atoms with van der Waals surface area (Å²) in [5, 5.41) is 9.46. The third kappa shape index (κ3) is 6.62. The molecule has 0 bridgehead atoms. The Labute approximate surface area is 189 Å². The SMILES string of the molecule is CCNC(=O)c1cccc(CNC(=NC)NCCc2ccc3c(c2)CCO3)c1.I. The fourth-order valence-corrected chi connectivity index (χ4v) is 3.21. The fraction of sp³-hybridized carbons (Fsp3) is 0.364. The Morgan fingerprint density at radius 2 is 1.97 bits per heavy atom.